The number of ether oxygens (including phenoxy) is 3. The van der Waals surface area contributed by atoms with Crippen LogP contribution in [0.5, 0.6) is 0 Å². The van der Waals surface area contributed by atoms with E-state index in [0.29, 0.717) is 11.1 Å². The van der Waals surface area contributed by atoms with E-state index in [1.165, 1.54) is 23.0 Å². The fourth-order valence-electron chi connectivity index (χ4n) is 3.86. The molecule has 4 rings (SSSR count). The summed E-state index contributed by atoms with van der Waals surface area (Å²) in [6.45, 7) is 3.80. The smallest absolute Gasteiger partial charge is 0.338 e. The van der Waals surface area contributed by atoms with Gasteiger partial charge in [-0.25, -0.2) is 9.59 Å². The standard InChI is InChI=1S/C19H20O5/c1-10-4-3-5-12-8-14-15(19(21)24-17(14)13(12)6-10)9-22-16-7-11(2)18(20)23-16/h6-7,9,14,16-17H,3-5,8H2,1-2H3/b15-9+/t14-,16?,17-/m0/s1. The van der Waals surface area contributed by atoms with E-state index in [9.17, 15) is 9.59 Å². The third-order valence-electron chi connectivity index (χ3n) is 5.13. The SMILES string of the molecule is CC1=CC2=C(CCC1)C[C@H]1/C(=C\OC3C=C(C)C(=O)O3)C(=O)O[C@@H]21. The highest BCUT2D eigenvalue weighted by molar-refractivity contribution is 5.92. The first-order chi connectivity index (χ1) is 11.5. The van der Waals surface area contributed by atoms with Crippen molar-refractivity contribution >= 4 is 11.9 Å². The van der Waals surface area contributed by atoms with Crippen LogP contribution in [0.15, 0.2) is 46.3 Å². The second-order valence-corrected chi connectivity index (χ2v) is 6.87. The van der Waals surface area contributed by atoms with Crippen LogP contribution in [-0.2, 0) is 23.8 Å². The van der Waals surface area contributed by atoms with Crippen LogP contribution in [0.2, 0.25) is 0 Å². The summed E-state index contributed by atoms with van der Waals surface area (Å²) in [5.74, 6) is -0.719. The first kappa shape index (κ1) is 15.2. The predicted octanol–water partition coefficient (Wildman–Crippen LogP) is 3.09. The second-order valence-electron chi connectivity index (χ2n) is 6.87. The largest absolute Gasteiger partial charge is 0.458 e. The molecule has 0 spiro atoms. The maximum atomic E-state index is 12.2. The molecule has 2 aliphatic heterocycles. The van der Waals surface area contributed by atoms with E-state index in [0.717, 1.165) is 25.7 Å². The van der Waals surface area contributed by atoms with E-state index >= 15 is 0 Å². The molecule has 0 saturated carbocycles. The van der Waals surface area contributed by atoms with Crippen LogP contribution < -0.4 is 0 Å². The summed E-state index contributed by atoms with van der Waals surface area (Å²) in [5, 5.41) is 0. The Bertz CT molecular complexity index is 737. The molecule has 1 saturated heterocycles. The van der Waals surface area contributed by atoms with Gasteiger partial charge in [0.25, 0.3) is 6.29 Å². The third kappa shape index (κ3) is 2.48. The summed E-state index contributed by atoms with van der Waals surface area (Å²) in [6.07, 6.45) is 8.40. The van der Waals surface area contributed by atoms with Gasteiger partial charge in [-0.15, -0.1) is 0 Å². The van der Waals surface area contributed by atoms with E-state index in [2.05, 4.69) is 13.0 Å². The highest BCUT2D eigenvalue weighted by atomic mass is 16.7. The van der Waals surface area contributed by atoms with Gasteiger partial charge >= 0.3 is 11.9 Å². The molecule has 0 aromatic carbocycles. The molecule has 1 fully saturated rings. The monoisotopic (exact) mass is 328 g/mol. The van der Waals surface area contributed by atoms with Crippen molar-refractivity contribution in [2.75, 3.05) is 0 Å². The van der Waals surface area contributed by atoms with Crippen molar-refractivity contribution in [2.24, 2.45) is 5.92 Å². The fourth-order valence-corrected chi connectivity index (χ4v) is 3.86. The number of hydrogen-bond donors (Lipinski definition) is 0. The molecule has 0 radical (unpaired) electrons. The van der Waals surface area contributed by atoms with E-state index in [1.807, 2.05) is 0 Å². The van der Waals surface area contributed by atoms with Crippen molar-refractivity contribution in [2.45, 2.75) is 51.9 Å². The number of hydrogen-bond acceptors (Lipinski definition) is 5. The first-order valence-electron chi connectivity index (χ1n) is 8.38. The van der Waals surface area contributed by atoms with Crippen molar-refractivity contribution in [1.29, 1.82) is 0 Å². The van der Waals surface area contributed by atoms with Crippen molar-refractivity contribution in [1.82, 2.24) is 0 Å². The van der Waals surface area contributed by atoms with Crippen molar-refractivity contribution in [3.63, 3.8) is 0 Å². The van der Waals surface area contributed by atoms with Crippen LogP contribution in [0.25, 0.3) is 0 Å². The van der Waals surface area contributed by atoms with Crippen LogP contribution >= 0.6 is 0 Å². The van der Waals surface area contributed by atoms with Crippen LogP contribution in [0.4, 0.5) is 0 Å². The lowest BCUT2D eigenvalue weighted by molar-refractivity contribution is -0.152. The first-order valence-corrected chi connectivity index (χ1v) is 8.38. The maximum absolute atomic E-state index is 12.2. The number of fused-ring (bicyclic) bond motifs is 2. The lowest BCUT2D eigenvalue weighted by atomic mass is 9.94. The van der Waals surface area contributed by atoms with Crippen molar-refractivity contribution in [3.8, 4) is 0 Å². The molecule has 2 aliphatic carbocycles. The van der Waals surface area contributed by atoms with Gasteiger partial charge in [-0.1, -0.05) is 17.2 Å². The molecule has 0 N–H and O–H groups in total. The number of cyclic esters (lactones) is 1. The van der Waals surface area contributed by atoms with Gasteiger partial charge in [0.2, 0.25) is 0 Å². The Morgan fingerprint density at radius 3 is 2.75 bits per heavy atom. The van der Waals surface area contributed by atoms with Gasteiger partial charge in [0.15, 0.2) is 0 Å². The Balaban J connectivity index is 1.53. The zero-order chi connectivity index (χ0) is 16.8. The van der Waals surface area contributed by atoms with Gasteiger partial charge in [0.05, 0.1) is 11.8 Å². The van der Waals surface area contributed by atoms with Crippen molar-refractivity contribution in [3.05, 3.63) is 46.3 Å². The molecule has 1 unspecified atom stereocenters. The Hall–Kier alpha value is -2.30. The molecule has 5 heteroatoms. The molecular weight excluding hydrogens is 308 g/mol. The average molecular weight is 328 g/mol. The number of allylic oxidation sites excluding steroid dienone is 2. The molecule has 2 heterocycles. The minimum Gasteiger partial charge on any atom is -0.458 e. The van der Waals surface area contributed by atoms with Gasteiger partial charge in [-0.3, -0.25) is 0 Å². The lowest BCUT2D eigenvalue weighted by Gasteiger charge is -2.11. The topological polar surface area (TPSA) is 61.8 Å². The summed E-state index contributed by atoms with van der Waals surface area (Å²) < 4.78 is 16.1. The molecule has 126 valence electrons. The van der Waals surface area contributed by atoms with E-state index in [4.69, 9.17) is 14.2 Å². The summed E-state index contributed by atoms with van der Waals surface area (Å²) in [6, 6.07) is 0. The van der Waals surface area contributed by atoms with Crippen LogP contribution in [0.1, 0.15) is 39.5 Å². The molecular formula is C19H20O5. The molecule has 0 aromatic rings. The Kier molecular flexibility index (Phi) is 3.59. The van der Waals surface area contributed by atoms with E-state index in [-0.39, 0.29) is 24.0 Å². The molecule has 24 heavy (non-hydrogen) atoms. The van der Waals surface area contributed by atoms with Gasteiger partial charge in [0.1, 0.15) is 6.10 Å². The van der Waals surface area contributed by atoms with Gasteiger partial charge in [-0.05, 0) is 45.1 Å². The Labute approximate surface area is 140 Å². The molecule has 4 aliphatic rings. The van der Waals surface area contributed by atoms with E-state index in [1.54, 1.807) is 13.0 Å². The van der Waals surface area contributed by atoms with E-state index < -0.39 is 6.29 Å². The second kappa shape index (κ2) is 5.65. The highest BCUT2D eigenvalue weighted by Crippen LogP contribution is 2.47. The normalized spacial score (nSPS) is 33.6. The summed E-state index contributed by atoms with van der Waals surface area (Å²) in [5.41, 5.74) is 4.95. The van der Waals surface area contributed by atoms with Gasteiger partial charge in [0, 0.05) is 17.6 Å². The molecule has 3 atom stereocenters. The molecule has 0 amide bonds. The zero-order valence-corrected chi connectivity index (χ0v) is 13.8. The van der Waals surface area contributed by atoms with Crippen molar-refractivity contribution < 1.29 is 23.8 Å². The van der Waals surface area contributed by atoms with Gasteiger partial charge in [-0.2, -0.15) is 0 Å². The Morgan fingerprint density at radius 1 is 1.17 bits per heavy atom. The quantitative estimate of drug-likeness (QED) is 0.443. The summed E-state index contributed by atoms with van der Waals surface area (Å²) in [7, 11) is 0. The van der Waals surface area contributed by atoms with Crippen LogP contribution in [0.3, 0.4) is 0 Å². The number of carbonyl (C=O) groups excluding carboxylic acids is 2. The molecule has 0 bridgehead atoms. The summed E-state index contributed by atoms with van der Waals surface area (Å²) >= 11 is 0. The summed E-state index contributed by atoms with van der Waals surface area (Å²) in [4.78, 5) is 23.6. The number of esters is 2. The Morgan fingerprint density at radius 2 is 2.00 bits per heavy atom. The molecule has 0 aromatic heterocycles. The minimum absolute atomic E-state index is 0.00633. The fraction of sp³-hybridized carbons (Fsp3) is 0.474. The van der Waals surface area contributed by atoms with Crippen LogP contribution in [0, 0.1) is 5.92 Å². The average Bonchev–Trinajstić information content (AvgIpc) is 3.07. The molecule has 5 nitrogen and oxygen atoms in total. The maximum Gasteiger partial charge on any atom is 0.338 e. The highest BCUT2D eigenvalue weighted by Gasteiger charge is 2.47. The minimum atomic E-state index is -0.758. The lowest BCUT2D eigenvalue weighted by Crippen LogP contribution is -2.13. The number of rotatable bonds is 2. The number of carbonyl (C=O) groups is 2. The third-order valence-corrected chi connectivity index (χ3v) is 5.13. The van der Waals surface area contributed by atoms with Gasteiger partial charge < -0.3 is 14.2 Å². The van der Waals surface area contributed by atoms with Crippen LogP contribution in [-0.4, -0.2) is 24.3 Å². The predicted molar refractivity (Wildman–Crippen MR) is 85.4 cm³/mol. The zero-order valence-electron chi connectivity index (χ0n) is 13.8.